The molecule has 16 heavy (non-hydrogen) atoms. The smallest absolute Gasteiger partial charge is 0.277 e. The molecule has 1 atom stereocenters. The van der Waals surface area contributed by atoms with Gasteiger partial charge in [-0.1, -0.05) is 18.2 Å². The van der Waals surface area contributed by atoms with Gasteiger partial charge in [0, 0.05) is 6.42 Å². The van der Waals surface area contributed by atoms with Crippen molar-refractivity contribution in [3.8, 4) is 0 Å². The van der Waals surface area contributed by atoms with Crippen molar-refractivity contribution in [3.05, 3.63) is 5.89 Å². The zero-order valence-corrected chi connectivity index (χ0v) is 10.8. The molecule has 1 fully saturated rings. The molecule has 0 N–H and O–H groups in total. The normalized spacial score (nSPS) is 21.3. The third-order valence-corrected chi connectivity index (χ3v) is 4.14. The van der Waals surface area contributed by atoms with E-state index in [4.69, 9.17) is 4.42 Å². The van der Waals surface area contributed by atoms with Crippen molar-refractivity contribution in [1.29, 1.82) is 0 Å². The molecule has 0 unspecified atom stereocenters. The number of hydrogen-bond acceptors (Lipinski definition) is 6. The van der Waals surface area contributed by atoms with Gasteiger partial charge in [0.05, 0.1) is 11.0 Å². The predicted molar refractivity (Wildman–Crippen MR) is 64.6 cm³/mol. The SMILES string of the molecule is CSCc1nnc(S[C@@H]2CCCCC2=O)o1. The minimum Gasteiger partial charge on any atom is -0.415 e. The Morgan fingerprint density at radius 2 is 2.31 bits per heavy atom. The van der Waals surface area contributed by atoms with Gasteiger partial charge >= 0.3 is 0 Å². The predicted octanol–water partition coefficient (Wildman–Crippen LogP) is 2.54. The first-order valence-corrected chi connectivity index (χ1v) is 7.57. The highest BCUT2D eigenvalue weighted by atomic mass is 32.2. The molecule has 88 valence electrons. The van der Waals surface area contributed by atoms with Crippen molar-refractivity contribution in [1.82, 2.24) is 10.2 Å². The number of carbonyl (C=O) groups excluding carboxylic acids is 1. The molecule has 1 aromatic rings. The van der Waals surface area contributed by atoms with E-state index in [2.05, 4.69) is 10.2 Å². The Labute approximate surface area is 103 Å². The minimum absolute atomic E-state index is 0.0244. The van der Waals surface area contributed by atoms with E-state index in [1.165, 1.54) is 11.8 Å². The third-order valence-electron chi connectivity index (χ3n) is 2.46. The van der Waals surface area contributed by atoms with Crippen molar-refractivity contribution in [2.75, 3.05) is 6.26 Å². The van der Waals surface area contributed by atoms with Crippen LogP contribution in [-0.2, 0) is 10.5 Å². The van der Waals surface area contributed by atoms with Crippen LogP contribution in [0, 0.1) is 0 Å². The summed E-state index contributed by atoms with van der Waals surface area (Å²) in [7, 11) is 0. The van der Waals surface area contributed by atoms with E-state index in [0.717, 1.165) is 25.0 Å². The highest BCUT2D eigenvalue weighted by molar-refractivity contribution is 8.00. The van der Waals surface area contributed by atoms with Crippen molar-refractivity contribution in [2.24, 2.45) is 0 Å². The second-order valence-electron chi connectivity index (χ2n) is 3.71. The average molecular weight is 258 g/mol. The first kappa shape index (κ1) is 12.0. The van der Waals surface area contributed by atoms with E-state index in [0.29, 0.717) is 23.3 Å². The lowest BCUT2D eigenvalue weighted by Gasteiger charge is -2.17. The largest absolute Gasteiger partial charge is 0.415 e. The van der Waals surface area contributed by atoms with Crippen molar-refractivity contribution in [3.63, 3.8) is 0 Å². The standard InChI is InChI=1S/C10H14N2O2S2/c1-15-6-9-11-12-10(14-9)16-8-5-3-2-4-7(8)13/h8H,2-6H2,1H3/t8-/m1/s1. The number of aromatic nitrogens is 2. The highest BCUT2D eigenvalue weighted by Crippen LogP contribution is 2.30. The van der Waals surface area contributed by atoms with E-state index >= 15 is 0 Å². The van der Waals surface area contributed by atoms with Gasteiger partial charge in [-0.05, 0) is 19.1 Å². The van der Waals surface area contributed by atoms with Crippen LogP contribution in [0.1, 0.15) is 31.6 Å². The summed E-state index contributed by atoms with van der Waals surface area (Å²) in [5.41, 5.74) is 0. The molecule has 1 saturated carbocycles. The number of hydrogen-bond donors (Lipinski definition) is 0. The molecule has 0 radical (unpaired) electrons. The number of thioether (sulfide) groups is 2. The second kappa shape index (κ2) is 5.72. The fourth-order valence-electron chi connectivity index (χ4n) is 1.66. The summed E-state index contributed by atoms with van der Waals surface area (Å²) in [5.74, 6) is 1.69. The van der Waals surface area contributed by atoms with Crippen LogP contribution < -0.4 is 0 Å². The van der Waals surface area contributed by atoms with Gasteiger partial charge in [0.15, 0.2) is 0 Å². The molecule has 0 aromatic carbocycles. The Bertz CT molecular complexity index is 367. The van der Waals surface area contributed by atoms with E-state index < -0.39 is 0 Å². The quantitative estimate of drug-likeness (QED) is 0.827. The van der Waals surface area contributed by atoms with Gasteiger partial charge in [-0.25, -0.2) is 0 Å². The summed E-state index contributed by atoms with van der Waals surface area (Å²) in [4.78, 5) is 11.6. The van der Waals surface area contributed by atoms with Crippen LogP contribution in [0.4, 0.5) is 0 Å². The molecule has 4 nitrogen and oxygen atoms in total. The van der Waals surface area contributed by atoms with Gasteiger partial charge < -0.3 is 4.42 Å². The zero-order valence-electron chi connectivity index (χ0n) is 9.14. The molecule has 1 aliphatic rings. The monoisotopic (exact) mass is 258 g/mol. The van der Waals surface area contributed by atoms with Crippen LogP contribution in [0.3, 0.4) is 0 Å². The maximum atomic E-state index is 11.6. The molecule has 1 aromatic heterocycles. The summed E-state index contributed by atoms with van der Waals surface area (Å²) >= 11 is 3.06. The van der Waals surface area contributed by atoms with Crippen molar-refractivity contribution >= 4 is 29.3 Å². The summed E-state index contributed by atoms with van der Waals surface area (Å²) in [6.07, 6.45) is 5.77. The lowest BCUT2D eigenvalue weighted by molar-refractivity contribution is -0.119. The number of ketones is 1. The van der Waals surface area contributed by atoms with Gasteiger partial charge in [-0.3, -0.25) is 4.79 Å². The minimum atomic E-state index is 0.0244. The first-order chi connectivity index (χ1) is 7.79. The van der Waals surface area contributed by atoms with Crippen LogP contribution in [0.5, 0.6) is 0 Å². The van der Waals surface area contributed by atoms with Gasteiger partial charge in [0.2, 0.25) is 5.89 Å². The van der Waals surface area contributed by atoms with Crippen LogP contribution in [0.2, 0.25) is 0 Å². The highest BCUT2D eigenvalue weighted by Gasteiger charge is 2.25. The number of Topliss-reactive ketones (excluding diaryl/α,β-unsaturated/α-hetero) is 1. The molecule has 1 heterocycles. The molecule has 2 rings (SSSR count). The number of nitrogens with zero attached hydrogens (tertiary/aromatic N) is 2. The van der Waals surface area contributed by atoms with Gasteiger partial charge in [0.25, 0.3) is 5.22 Å². The summed E-state index contributed by atoms with van der Waals surface area (Å²) in [5, 5.41) is 8.43. The van der Waals surface area contributed by atoms with Crippen LogP contribution >= 0.6 is 23.5 Å². The topological polar surface area (TPSA) is 56.0 Å². The van der Waals surface area contributed by atoms with E-state index in [1.54, 1.807) is 11.8 Å². The number of carbonyl (C=O) groups is 1. The van der Waals surface area contributed by atoms with E-state index in [9.17, 15) is 4.79 Å². The summed E-state index contributed by atoms with van der Waals surface area (Å²) < 4.78 is 5.44. The van der Waals surface area contributed by atoms with Crippen LogP contribution in [-0.4, -0.2) is 27.5 Å². The maximum Gasteiger partial charge on any atom is 0.277 e. The second-order valence-corrected chi connectivity index (χ2v) is 5.73. The summed E-state index contributed by atoms with van der Waals surface area (Å²) in [6.45, 7) is 0. The van der Waals surface area contributed by atoms with Crippen LogP contribution in [0.15, 0.2) is 9.64 Å². The molecule has 0 bridgehead atoms. The Balaban J connectivity index is 1.94. The fraction of sp³-hybridized carbons (Fsp3) is 0.700. The molecular weight excluding hydrogens is 244 g/mol. The van der Waals surface area contributed by atoms with Crippen molar-refractivity contribution < 1.29 is 9.21 Å². The Morgan fingerprint density at radius 3 is 3.06 bits per heavy atom. The van der Waals surface area contributed by atoms with E-state index in [1.807, 2.05) is 6.26 Å². The fourth-order valence-corrected chi connectivity index (χ4v) is 3.04. The first-order valence-electron chi connectivity index (χ1n) is 5.30. The number of rotatable bonds is 4. The zero-order chi connectivity index (χ0) is 11.4. The molecule has 0 spiro atoms. The average Bonchev–Trinajstić information content (AvgIpc) is 2.70. The molecule has 0 saturated heterocycles. The maximum absolute atomic E-state index is 11.6. The Kier molecular flexibility index (Phi) is 4.29. The summed E-state index contributed by atoms with van der Waals surface area (Å²) in [6, 6.07) is 0. The molecule has 0 amide bonds. The van der Waals surface area contributed by atoms with Crippen molar-refractivity contribution in [2.45, 2.75) is 41.9 Å². The molecule has 1 aliphatic carbocycles. The van der Waals surface area contributed by atoms with Gasteiger partial charge in [-0.2, -0.15) is 11.8 Å². The molecule has 0 aliphatic heterocycles. The third kappa shape index (κ3) is 3.01. The van der Waals surface area contributed by atoms with Gasteiger partial charge in [0.1, 0.15) is 5.78 Å². The molecular formula is C10H14N2O2S2. The lowest BCUT2D eigenvalue weighted by Crippen LogP contribution is -2.21. The van der Waals surface area contributed by atoms with Crippen LogP contribution in [0.25, 0.3) is 0 Å². The Morgan fingerprint density at radius 1 is 1.44 bits per heavy atom. The van der Waals surface area contributed by atoms with Gasteiger partial charge in [-0.15, -0.1) is 10.2 Å². The van der Waals surface area contributed by atoms with E-state index in [-0.39, 0.29) is 5.25 Å². The lowest BCUT2D eigenvalue weighted by atomic mass is 9.99. The Hall–Kier alpha value is -0.490. The molecule has 6 heteroatoms.